The third kappa shape index (κ3) is 2.85. The van der Waals surface area contributed by atoms with Gasteiger partial charge in [-0.05, 0) is 31.2 Å². The summed E-state index contributed by atoms with van der Waals surface area (Å²) in [4.78, 5) is 15.9. The zero-order chi connectivity index (χ0) is 13.0. The van der Waals surface area contributed by atoms with Gasteiger partial charge in [0.15, 0.2) is 0 Å². The van der Waals surface area contributed by atoms with E-state index < -0.39 is 0 Å². The Balaban J connectivity index is 2.06. The molecule has 0 aliphatic heterocycles. The zero-order valence-corrected chi connectivity index (χ0v) is 10.1. The molecule has 1 amide bonds. The molecule has 0 aliphatic rings. The van der Waals surface area contributed by atoms with Crippen LogP contribution in [0.5, 0.6) is 5.75 Å². The van der Waals surface area contributed by atoms with Crippen LogP contribution >= 0.6 is 0 Å². The van der Waals surface area contributed by atoms with Crippen molar-refractivity contribution < 1.29 is 9.90 Å². The van der Waals surface area contributed by atoms with Crippen LogP contribution in [0.3, 0.4) is 0 Å². The van der Waals surface area contributed by atoms with Crippen LogP contribution in [-0.2, 0) is 11.2 Å². The first kappa shape index (κ1) is 12.1. The lowest BCUT2D eigenvalue weighted by atomic mass is 10.1. The molecule has 1 heterocycles. The summed E-state index contributed by atoms with van der Waals surface area (Å²) < 4.78 is 0. The Morgan fingerprint density at radius 2 is 2.11 bits per heavy atom. The predicted octanol–water partition coefficient (Wildman–Crippen LogP) is 2.28. The minimum Gasteiger partial charge on any atom is -0.508 e. The van der Waals surface area contributed by atoms with Gasteiger partial charge in [-0.2, -0.15) is 0 Å². The molecule has 0 saturated carbocycles. The normalized spacial score (nSPS) is 10.1. The highest BCUT2D eigenvalue weighted by Crippen LogP contribution is 2.23. The molecule has 0 unspecified atom stereocenters. The number of hydrogen-bond donors (Lipinski definition) is 2. The van der Waals surface area contributed by atoms with E-state index in [2.05, 4.69) is 10.3 Å². The van der Waals surface area contributed by atoms with E-state index in [1.807, 2.05) is 6.07 Å². The topological polar surface area (TPSA) is 62.2 Å². The lowest BCUT2D eigenvalue weighted by Crippen LogP contribution is -2.15. The maximum atomic E-state index is 11.8. The minimum absolute atomic E-state index is 0.151. The van der Waals surface area contributed by atoms with Crippen molar-refractivity contribution in [3.8, 4) is 5.75 Å². The molecule has 2 aromatic rings. The van der Waals surface area contributed by atoms with Gasteiger partial charge in [-0.25, -0.2) is 0 Å². The van der Waals surface area contributed by atoms with E-state index in [1.165, 1.54) is 0 Å². The van der Waals surface area contributed by atoms with Gasteiger partial charge < -0.3 is 10.4 Å². The van der Waals surface area contributed by atoms with Crippen LogP contribution < -0.4 is 5.32 Å². The average Bonchev–Trinajstić information content (AvgIpc) is 2.36. The van der Waals surface area contributed by atoms with Crippen molar-refractivity contribution in [1.82, 2.24) is 4.98 Å². The molecule has 4 nitrogen and oxygen atoms in total. The van der Waals surface area contributed by atoms with Crippen molar-refractivity contribution in [3.05, 3.63) is 53.9 Å². The number of anilines is 1. The molecule has 0 aliphatic carbocycles. The molecular weight excluding hydrogens is 228 g/mol. The highest BCUT2D eigenvalue weighted by atomic mass is 16.3. The number of rotatable bonds is 3. The molecule has 0 radical (unpaired) electrons. The monoisotopic (exact) mass is 242 g/mol. The molecule has 0 bridgehead atoms. The summed E-state index contributed by atoms with van der Waals surface area (Å²) in [6.45, 7) is 1.76. The van der Waals surface area contributed by atoms with Gasteiger partial charge in [-0.15, -0.1) is 0 Å². The molecule has 2 N–H and O–H groups in total. The number of aromatic nitrogens is 1. The molecule has 0 saturated heterocycles. The molecule has 0 atom stereocenters. The van der Waals surface area contributed by atoms with Crippen LogP contribution in [0.2, 0.25) is 0 Å². The third-order valence-electron chi connectivity index (χ3n) is 2.65. The van der Waals surface area contributed by atoms with Gasteiger partial charge in [0.1, 0.15) is 5.75 Å². The van der Waals surface area contributed by atoms with Crippen molar-refractivity contribution in [2.24, 2.45) is 0 Å². The number of nitrogens with zero attached hydrogens (tertiary/aromatic N) is 1. The number of pyridine rings is 1. The first-order chi connectivity index (χ1) is 8.66. The Morgan fingerprint density at radius 3 is 2.83 bits per heavy atom. The molecule has 0 fully saturated rings. The second kappa shape index (κ2) is 5.31. The second-order valence-electron chi connectivity index (χ2n) is 4.00. The molecule has 92 valence electrons. The van der Waals surface area contributed by atoms with E-state index in [0.717, 1.165) is 0 Å². The second-order valence-corrected chi connectivity index (χ2v) is 4.00. The van der Waals surface area contributed by atoms with Crippen LogP contribution in [0, 0.1) is 6.92 Å². The Labute approximate surface area is 105 Å². The van der Waals surface area contributed by atoms with Crippen molar-refractivity contribution in [3.63, 3.8) is 0 Å². The number of aromatic hydroxyl groups is 1. The van der Waals surface area contributed by atoms with E-state index in [0.29, 0.717) is 16.9 Å². The summed E-state index contributed by atoms with van der Waals surface area (Å²) in [5.74, 6) is 0.0213. The predicted molar refractivity (Wildman–Crippen MR) is 69.4 cm³/mol. The summed E-state index contributed by atoms with van der Waals surface area (Å²) in [5.41, 5.74) is 2.00. The Kier molecular flexibility index (Phi) is 3.57. The number of phenols is 1. The smallest absolute Gasteiger partial charge is 0.230 e. The van der Waals surface area contributed by atoms with Gasteiger partial charge in [0.05, 0.1) is 6.42 Å². The Hall–Kier alpha value is -2.36. The number of nitrogens with one attached hydrogen (secondary N) is 1. The number of hydrogen-bond acceptors (Lipinski definition) is 3. The van der Waals surface area contributed by atoms with E-state index in [4.69, 9.17) is 0 Å². The SMILES string of the molecule is Cc1c(O)cccc1NC(=O)Cc1ccccn1. The minimum atomic E-state index is -0.151. The van der Waals surface area contributed by atoms with Gasteiger partial charge >= 0.3 is 0 Å². The van der Waals surface area contributed by atoms with Gasteiger partial charge in [0.25, 0.3) is 0 Å². The largest absolute Gasteiger partial charge is 0.508 e. The lowest BCUT2D eigenvalue weighted by Gasteiger charge is -2.09. The first-order valence-corrected chi connectivity index (χ1v) is 5.65. The first-order valence-electron chi connectivity index (χ1n) is 5.65. The maximum absolute atomic E-state index is 11.8. The number of phenolic OH excluding ortho intramolecular Hbond substituents is 1. The Bertz CT molecular complexity index is 553. The number of benzene rings is 1. The van der Waals surface area contributed by atoms with E-state index in [-0.39, 0.29) is 18.1 Å². The van der Waals surface area contributed by atoms with Crippen LogP contribution in [0.1, 0.15) is 11.3 Å². The molecule has 1 aromatic heterocycles. The summed E-state index contributed by atoms with van der Waals surface area (Å²) in [5, 5.41) is 12.3. The van der Waals surface area contributed by atoms with Crippen molar-refractivity contribution in [2.45, 2.75) is 13.3 Å². The average molecular weight is 242 g/mol. The van der Waals surface area contributed by atoms with Crippen LogP contribution in [-0.4, -0.2) is 16.0 Å². The van der Waals surface area contributed by atoms with Gasteiger partial charge in [0, 0.05) is 23.1 Å². The fourth-order valence-electron chi connectivity index (χ4n) is 1.62. The number of amides is 1. The van der Waals surface area contributed by atoms with E-state index >= 15 is 0 Å². The van der Waals surface area contributed by atoms with Crippen LogP contribution in [0.25, 0.3) is 0 Å². The van der Waals surface area contributed by atoms with E-state index in [9.17, 15) is 9.90 Å². The highest BCUT2D eigenvalue weighted by molar-refractivity contribution is 5.93. The van der Waals surface area contributed by atoms with Crippen LogP contribution in [0.4, 0.5) is 5.69 Å². The summed E-state index contributed by atoms with van der Waals surface area (Å²) >= 11 is 0. The quantitative estimate of drug-likeness (QED) is 0.868. The van der Waals surface area contributed by atoms with Gasteiger partial charge in [-0.3, -0.25) is 9.78 Å². The van der Waals surface area contributed by atoms with Crippen molar-refractivity contribution in [2.75, 3.05) is 5.32 Å². The molecule has 2 rings (SSSR count). The fraction of sp³-hybridized carbons (Fsp3) is 0.143. The third-order valence-corrected chi connectivity index (χ3v) is 2.65. The van der Waals surface area contributed by atoms with Crippen molar-refractivity contribution in [1.29, 1.82) is 0 Å². The lowest BCUT2D eigenvalue weighted by molar-refractivity contribution is -0.115. The van der Waals surface area contributed by atoms with Gasteiger partial charge in [0.2, 0.25) is 5.91 Å². The highest BCUT2D eigenvalue weighted by Gasteiger charge is 2.08. The number of carbonyl (C=O) groups is 1. The van der Waals surface area contributed by atoms with E-state index in [1.54, 1.807) is 43.5 Å². The molecule has 1 aromatic carbocycles. The fourth-order valence-corrected chi connectivity index (χ4v) is 1.62. The molecule has 18 heavy (non-hydrogen) atoms. The molecular formula is C14H14N2O2. The van der Waals surface area contributed by atoms with Crippen LogP contribution in [0.15, 0.2) is 42.6 Å². The standard InChI is InChI=1S/C14H14N2O2/c1-10-12(6-4-7-13(10)17)16-14(18)9-11-5-2-3-8-15-11/h2-8,17H,9H2,1H3,(H,16,18). The summed E-state index contributed by atoms with van der Waals surface area (Å²) in [6, 6.07) is 10.5. The molecule has 4 heteroatoms. The Morgan fingerprint density at radius 1 is 1.28 bits per heavy atom. The maximum Gasteiger partial charge on any atom is 0.230 e. The number of carbonyl (C=O) groups excluding carboxylic acids is 1. The summed E-state index contributed by atoms with van der Waals surface area (Å²) in [7, 11) is 0. The van der Waals surface area contributed by atoms with Crippen molar-refractivity contribution >= 4 is 11.6 Å². The van der Waals surface area contributed by atoms with Gasteiger partial charge in [-0.1, -0.05) is 12.1 Å². The zero-order valence-electron chi connectivity index (χ0n) is 10.1. The summed E-state index contributed by atoms with van der Waals surface area (Å²) in [6.07, 6.45) is 1.87. The molecule has 0 spiro atoms.